The molecular weight excluding hydrogens is 304 g/mol. The number of rotatable bonds is 3. The Balaban J connectivity index is 1.32. The molecule has 24 heavy (non-hydrogen) atoms. The monoisotopic (exact) mass is 332 g/mol. The summed E-state index contributed by atoms with van der Waals surface area (Å²) in [5.41, 5.74) is 1.25. The van der Waals surface area contributed by atoms with Crippen molar-refractivity contribution >= 4 is 5.69 Å². The van der Waals surface area contributed by atoms with Crippen LogP contribution in [0.1, 0.15) is 12.8 Å². The van der Waals surface area contributed by atoms with Crippen LogP contribution in [0.3, 0.4) is 0 Å². The van der Waals surface area contributed by atoms with E-state index >= 15 is 0 Å². The maximum Gasteiger partial charge on any atom is 0.0834 e. The Morgan fingerprint density at radius 1 is 0.958 bits per heavy atom. The van der Waals surface area contributed by atoms with Crippen LogP contribution >= 0.6 is 0 Å². The van der Waals surface area contributed by atoms with Crippen LogP contribution in [0.4, 0.5) is 5.69 Å². The highest BCUT2D eigenvalue weighted by atomic mass is 16.5. The molecule has 0 aromatic carbocycles. The number of likely N-dealkylation sites (tertiary alicyclic amines) is 1. The summed E-state index contributed by atoms with van der Waals surface area (Å²) in [7, 11) is 0. The molecule has 3 saturated heterocycles. The van der Waals surface area contributed by atoms with Crippen LogP contribution < -0.4 is 4.90 Å². The molecule has 0 bridgehead atoms. The first-order valence-corrected chi connectivity index (χ1v) is 9.20. The maximum absolute atomic E-state index is 10.6. The van der Waals surface area contributed by atoms with Crippen molar-refractivity contribution in [2.75, 3.05) is 57.4 Å². The van der Waals surface area contributed by atoms with E-state index in [4.69, 9.17) is 4.74 Å². The van der Waals surface area contributed by atoms with Gasteiger partial charge >= 0.3 is 0 Å². The molecule has 6 nitrogen and oxygen atoms in total. The van der Waals surface area contributed by atoms with Crippen LogP contribution in [0, 0.1) is 0 Å². The number of aliphatic hydroxyl groups is 1. The van der Waals surface area contributed by atoms with Gasteiger partial charge in [0, 0.05) is 82.6 Å². The maximum atomic E-state index is 10.6. The predicted octanol–water partition coefficient (Wildman–Crippen LogP) is 0.428. The second-order valence-electron chi connectivity index (χ2n) is 7.16. The molecule has 6 heteroatoms. The number of aliphatic hydroxyl groups excluding tert-OH is 1. The summed E-state index contributed by atoms with van der Waals surface area (Å²) >= 11 is 0. The summed E-state index contributed by atoms with van der Waals surface area (Å²) in [5, 5.41) is 10.6. The molecule has 4 rings (SSSR count). The lowest BCUT2D eigenvalue weighted by atomic mass is 10.1. The SMILES string of the molecule is O[C@@H]1CN(C2CCOCC2)C[C@H]1N1CCN(c2ccncc2)CC1. The van der Waals surface area contributed by atoms with E-state index in [2.05, 4.69) is 31.8 Å². The normalized spacial score (nSPS) is 30.8. The number of ether oxygens (including phenoxy) is 1. The fourth-order valence-corrected chi connectivity index (χ4v) is 4.37. The molecule has 0 amide bonds. The molecule has 0 unspecified atom stereocenters. The van der Waals surface area contributed by atoms with E-state index in [1.807, 2.05) is 12.4 Å². The summed E-state index contributed by atoms with van der Waals surface area (Å²) in [5.74, 6) is 0. The highest BCUT2D eigenvalue weighted by molar-refractivity contribution is 5.45. The van der Waals surface area contributed by atoms with E-state index in [9.17, 15) is 5.11 Å². The van der Waals surface area contributed by atoms with Crippen molar-refractivity contribution in [1.29, 1.82) is 0 Å². The van der Waals surface area contributed by atoms with E-state index in [1.165, 1.54) is 5.69 Å². The zero-order valence-corrected chi connectivity index (χ0v) is 14.3. The average Bonchev–Trinajstić information content (AvgIpc) is 3.05. The summed E-state index contributed by atoms with van der Waals surface area (Å²) in [4.78, 5) is 11.5. The van der Waals surface area contributed by atoms with Gasteiger partial charge in [0.1, 0.15) is 0 Å². The molecule has 0 aliphatic carbocycles. The third-order valence-electron chi connectivity index (χ3n) is 5.81. The van der Waals surface area contributed by atoms with Crippen molar-refractivity contribution in [2.45, 2.75) is 31.0 Å². The zero-order valence-electron chi connectivity index (χ0n) is 14.3. The van der Waals surface area contributed by atoms with Crippen LogP contribution in [0.15, 0.2) is 24.5 Å². The van der Waals surface area contributed by atoms with Gasteiger partial charge < -0.3 is 14.7 Å². The number of β-amino-alcohol motifs (C(OH)–C–C–N with tert-alkyl or cyclic N) is 1. The predicted molar refractivity (Wildman–Crippen MR) is 93.2 cm³/mol. The van der Waals surface area contributed by atoms with Gasteiger partial charge in [0.05, 0.1) is 6.10 Å². The van der Waals surface area contributed by atoms with Crippen molar-refractivity contribution in [1.82, 2.24) is 14.8 Å². The van der Waals surface area contributed by atoms with Crippen molar-refractivity contribution < 1.29 is 9.84 Å². The van der Waals surface area contributed by atoms with Crippen molar-refractivity contribution in [3.05, 3.63) is 24.5 Å². The number of pyridine rings is 1. The molecule has 2 atom stereocenters. The average molecular weight is 332 g/mol. The highest BCUT2D eigenvalue weighted by Crippen LogP contribution is 2.25. The topological polar surface area (TPSA) is 52.1 Å². The fourth-order valence-electron chi connectivity index (χ4n) is 4.37. The molecule has 0 saturated carbocycles. The summed E-state index contributed by atoms with van der Waals surface area (Å²) in [6.07, 6.45) is 5.70. The van der Waals surface area contributed by atoms with Crippen molar-refractivity contribution in [3.63, 3.8) is 0 Å². The summed E-state index contributed by atoms with van der Waals surface area (Å²) in [6.45, 7) is 7.63. The molecule has 132 valence electrons. The second-order valence-corrected chi connectivity index (χ2v) is 7.16. The van der Waals surface area contributed by atoms with E-state index in [-0.39, 0.29) is 12.1 Å². The first kappa shape index (κ1) is 16.3. The molecule has 1 aromatic heterocycles. The molecule has 3 aliphatic rings. The number of piperazine rings is 1. The van der Waals surface area contributed by atoms with E-state index in [0.29, 0.717) is 6.04 Å². The number of anilines is 1. The Hall–Kier alpha value is -1.21. The molecular formula is C18H28N4O2. The number of hydrogen-bond donors (Lipinski definition) is 1. The largest absolute Gasteiger partial charge is 0.390 e. The number of hydrogen-bond acceptors (Lipinski definition) is 6. The van der Waals surface area contributed by atoms with Gasteiger partial charge in [-0.25, -0.2) is 0 Å². The van der Waals surface area contributed by atoms with Crippen LogP contribution in [0.2, 0.25) is 0 Å². The Bertz CT molecular complexity index is 515. The molecule has 0 spiro atoms. The first-order valence-electron chi connectivity index (χ1n) is 9.20. The van der Waals surface area contributed by atoms with Gasteiger partial charge in [0.15, 0.2) is 0 Å². The minimum absolute atomic E-state index is 0.222. The second kappa shape index (κ2) is 7.35. The number of aromatic nitrogens is 1. The molecule has 1 aromatic rings. The van der Waals surface area contributed by atoms with Gasteiger partial charge in [0.25, 0.3) is 0 Å². The lowest BCUT2D eigenvalue weighted by molar-refractivity contribution is 0.0376. The first-order chi connectivity index (χ1) is 11.8. The van der Waals surface area contributed by atoms with Crippen LogP contribution in [0.5, 0.6) is 0 Å². The third kappa shape index (κ3) is 3.42. The molecule has 3 fully saturated rings. The van der Waals surface area contributed by atoms with Crippen LogP contribution in [-0.4, -0.2) is 90.6 Å². The Labute approximate surface area is 144 Å². The Kier molecular flexibility index (Phi) is 4.98. The number of nitrogens with zero attached hydrogens (tertiary/aromatic N) is 4. The summed E-state index contributed by atoms with van der Waals surface area (Å²) in [6, 6.07) is 5.03. The van der Waals surface area contributed by atoms with Gasteiger partial charge in [-0.1, -0.05) is 0 Å². The standard InChI is InChI=1S/C18H28N4O2/c23-18-14-22(16-3-11-24-12-4-16)13-17(18)21-9-7-20(8-10-21)15-1-5-19-6-2-15/h1-2,5-6,16-18,23H,3-4,7-14H2/t17-,18-/m1/s1. The van der Waals surface area contributed by atoms with Gasteiger partial charge in [-0.05, 0) is 25.0 Å². The summed E-state index contributed by atoms with van der Waals surface area (Å²) < 4.78 is 5.47. The fraction of sp³-hybridized carbons (Fsp3) is 0.722. The zero-order chi connectivity index (χ0) is 16.4. The quantitative estimate of drug-likeness (QED) is 0.866. The van der Waals surface area contributed by atoms with E-state index < -0.39 is 0 Å². The minimum Gasteiger partial charge on any atom is -0.390 e. The molecule has 4 heterocycles. The lowest BCUT2D eigenvalue weighted by Crippen LogP contribution is -2.54. The molecule has 1 N–H and O–H groups in total. The minimum atomic E-state index is -0.222. The van der Waals surface area contributed by atoms with Crippen molar-refractivity contribution in [3.8, 4) is 0 Å². The van der Waals surface area contributed by atoms with Gasteiger partial charge in [-0.3, -0.25) is 14.8 Å². The van der Waals surface area contributed by atoms with E-state index in [1.54, 1.807) is 0 Å². The Morgan fingerprint density at radius 3 is 2.38 bits per heavy atom. The van der Waals surface area contributed by atoms with Crippen LogP contribution in [0.25, 0.3) is 0 Å². The lowest BCUT2D eigenvalue weighted by Gasteiger charge is -2.40. The van der Waals surface area contributed by atoms with Gasteiger partial charge in [0.2, 0.25) is 0 Å². The van der Waals surface area contributed by atoms with Gasteiger partial charge in [-0.2, -0.15) is 0 Å². The third-order valence-corrected chi connectivity index (χ3v) is 5.81. The molecule has 3 aliphatic heterocycles. The smallest absolute Gasteiger partial charge is 0.0834 e. The highest BCUT2D eigenvalue weighted by Gasteiger charge is 2.39. The van der Waals surface area contributed by atoms with Gasteiger partial charge in [-0.15, -0.1) is 0 Å². The van der Waals surface area contributed by atoms with E-state index in [0.717, 1.165) is 65.3 Å². The van der Waals surface area contributed by atoms with Crippen molar-refractivity contribution in [2.24, 2.45) is 0 Å². The van der Waals surface area contributed by atoms with Crippen LogP contribution in [-0.2, 0) is 4.74 Å². The Morgan fingerprint density at radius 2 is 1.67 bits per heavy atom. The molecule has 0 radical (unpaired) electrons.